The molecule has 0 unspecified atom stereocenters. The normalized spacial score (nSPS) is 24.5. The van der Waals surface area contributed by atoms with Crippen molar-refractivity contribution in [2.75, 3.05) is 0 Å². The predicted octanol–water partition coefficient (Wildman–Crippen LogP) is 2.46. The second-order valence-electron chi connectivity index (χ2n) is 3.91. The summed E-state index contributed by atoms with van der Waals surface area (Å²) in [6.45, 7) is 5.99. The lowest BCUT2D eigenvalue weighted by Crippen LogP contribution is -2.25. The quantitative estimate of drug-likeness (QED) is 0.690. The number of allylic oxidation sites excluding steroid dienone is 1. The molecular formula is C9H13IO2. The standard InChI is InChI=1S/C9H13IO2/c1-9(2,3)12-6-4-7(10)8(11)5-6/h4,6H,5H2,1-3H3/t6-/m0/s1. The third-order valence-corrected chi connectivity index (χ3v) is 2.45. The molecule has 0 N–H and O–H groups in total. The van der Waals surface area contributed by atoms with Gasteiger partial charge in [-0.15, -0.1) is 0 Å². The van der Waals surface area contributed by atoms with Gasteiger partial charge in [0.1, 0.15) is 0 Å². The van der Waals surface area contributed by atoms with Crippen LogP contribution >= 0.6 is 22.6 Å². The van der Waals surface area contributed by atoms with E-state index in [9.17, 15) is 4.79 Å². The minimum absolute atomic E-state index is 0.00981. The van der Waals surface area contributed by atoms with Crippen LogP contribution in [0.2, 0.25) is 0 Å². The van der Waals surface area contributed by atoms with Crippen molar-refractivity contribution >= 4 is 28.4 Å². The van der Waals surface area contributed by atoms with Crippen molar-refractivity contribution in [2.24, 2.45) is 0 Å². The van der Waals surface area contributed by atoms with E-state index in [0.29, 0.717) is 6.42 Å². The number of rotatable bonds is 1. The monoisotopic (exact) mass is 280 g/mol. The van der Waals surface area contributed by atoms with Gasteiger partial charge in [-0.2, -0.15) is 0 Å². The van der Waals surface area contributed by atoms with Gasteiger partial charge in [-0.1, -0.05) is 0 Å². The molecule has 0 saturated heterocycles. The van der Waals surface area contributed by atoms with E-state index in [0.717, 1.165) is 3.58 Å². The lowest BCUT2D eigenvalue weighted by Gasteiger charge is -2.23. The molecular weight excluding hydrogens is 267 g/mol. The van der Waals surface area contributed by atoms with Crippen LogP contribution in [0.4, 0.5) is 0 Å². The van der Waals surface area contributed by atoms with E-state index in [4.69, 9.17) is 4.74 Å². The molecule has 0 fully saturated rings. The first kappa shape index (κ1) is 10.2. The zero-order valence-electron chi connectivity index (χ0n) is 7.56. The molecule has 1 aliphatic rings. The Kier molecular flexibility index (Phi) is 2.93. The van der Waals surface area contributed by atoms with Crippen LogP contribution in [-0.2, 0) is 9.53 Å². The average molecular weight is 280 g/mol. The molecule has 1 rings (SSSR count). The summed E-state index contributed by atoms with van der Waals surface area (Å²) in [6.07, 6.45) is 2.40. The van der Waals surface area contributed by atoms with Gasteiger partial charge < -0.3 is 4.74 Å². The van der Waals surface area contributed by atoms with Gasteiger partial charge in [-0.3, -0.25) is 4.79 Å². The third kappa shape index (κ3) is 2.86. The first-order valence-corrected chi connectivity index (χ1v) is 5.05. The molecule has 3 heteroatoms. The summed E-state index contributed by atoms with van der Waals surface area (Å²) >= 11 is 2.06. The molecule has 0 saturated carbocycles. The van der Waals surface area contributed by atoms with Gasteiger partial charge in [-0.25, -0.2) is 0 Å². The van der Waals surface area contributed by atoms with Crippen molar-refractivity contribution in [1.29, 1.82) is 0 Å². The molecule has 1 atom stereocenters. The number of carbonyl (C=O) groups excluding carboxylic acids is 1. The molecule has 1 aliphatic carbocycles. The van der Waals surface area contributed by atoms with E-state index in [2.05, 4.69) is 22.6 Å². The van der Waals surface area contributed by atoms with Gasteiger partial charge in [0.15, 0.2) is 5.78 Å². The molecule has 0 bridgehead atoms. The van der Waals surface area contributed by atoms with Gasteiger partial charge in [0, 0.05) is 6.42 Å². The number of ketones is 1. The molecule has 0 aromatic carbocycles. The highest BCUT2D eigenvalue weighted by Gasteiger charge is 2.26. The van der Waals surface area contributed by atoms with Crippen LogP contribution in [-0.4, -0.2) is 17.5 Å². The van der Waals surface area contributed by atoms with Crippen LogP contribution in [0.15, 0.2) is 9.66 Å². The number of hydrogen-bond acceptors (Lipinski definition) is 2. The van der Waals surface area contributed by atoms with Crippen LogP contribution in [0.25, 0.3) is 0 Å². The second kappa shape index (κ2) is 3.46. The molecule has 0 aromatic heterocycles. The van der Waals surface area contributed by atoms with Crippen molar-refractivity contribution in [3.05, 3.63) is 9.66 Å². The number of halogens is 1. The Morgan fingerprint density at radius 3 is 2.50 bits per heavy atom. The van der Waals surface area contributed by atoms with Gasteiger partial charge in [-0.05, 0) is 49.4 Å². The van der Waals surface area contributed by atoms with Crippen molar-refractivity contribution < 1.29 is 9.53 Å². The number of ether oxygens (including phenoxy) is 1. The number of Topliss-reactive ketones (excluding diaryl/α,β-unsaturated/α-hetero) is 1. The Morgan fingerprint density at radius 1 is 1.58 bits per heavy atom. The van der Waals surface area contributed by atoms with Crippen molar-refractivity contribution in [1.82, 2.24) is 0 Å². The first-order chi connectivity index (χ1) is 5.38. The summed E-state index contributed by atoms with van der Waals surface area (Å²) in [5.74, 6) is 0.199. The summed E-state index contributed by atoms with van der Waals surface area (Å²) in [5.41, 5.74) is -0.164. The second-order valence-corrected chi connectivity index (χ2v) is 5.07. The van der Waals surface area contributed by atoms with Crippen LogP contribution in [0, 0.1) is 0 Å². The fourth-order valence-electron chi connectivity index (χ4n) is 1.13. The summed E-state index contributed by atoms with van der Waals surface area (Å²) in [4.78, 5) is 11.1. The number of carbonyl (C=O) groups is 1. The topological polar surface area (TPSA) is 26.3 Å². The van der Waals surface area contributed by atoms with Crippen molar-refractivity contribution in [2.45, 2.75) is 38.9 Å². The minimum atomic E-state index is -0.164. The van der Waals surface area contributed by atoms with Crippen LogP contribution in [0.1, 0.15) is 27.2 Å². The molecule has 2 nitrogen and oxygen atoms in total. The molecule has 0 heterocycles. The molecule has 0 amide bonds. The van der Waals surface area contributed by atoms with E-state index in [1.54, 1.807) is 0 Å². The summed E-state index contributed by atoms with van der Waals surface area (Å²) in [7, 11) is 0. The molecule has 68 valence electrons. The maximum atomic E-state index is 11.1. The maximum Gasteiger partial charge on any atom is 0.171 e. The van der Waals surface area contributed by atoms with E-state index >= 15 is 0 Å². The highest BCUT2D eigenvalue weighted by Crippen LogP contribution is 2.25. The molecule has 0 radical (unpaired) electrons. The molecule has 12 heavy (non-hydrogen) atoms. The summed E-state index contributed by atoms with van der Waals surface area (Å²) in [5, 5.41) is 0. The predicted molar refractivity (Wildman–Crippen MR) is 56.4 cm³/mol. The lowest BCUT2D eigenvalue weighted by atomic mass is 10.2. The fraction of sp³-hybridized carbons (Fsp3) is 0.667. The Morgan fingerprint density at radius 2 is 2.17 bits per heavy atom. The Bertz CT molecular complexity index is 225. The van der Waals surface area contributed by atoms with E-state index < -0.39 is 0 Å². The summed E-state index contributed by atoms with van der Waals surface area (Å²) in [6, 6.07) is 0. The minimum Gasteiger partial charge on any atom is -0.368 e. The average Bonchev–Trinajstić information content (AvgIpc) is 2.07. The van der Waals surface area contributed by atoms with Crippen LogP contribution < -0.4 is 0 Å². The highest BCUT2D eigenvalue weighted by atomic mass is 127. The first-order valence-electron chi connectivity index (χ1n) is 3.97. The Hall–Kier alpha value is 0.1000. The lowest BCUT2D eigenvalue weighted by molar-refractivity contribution is -0.117. The van der Waals surface area contributed by atoms with Gasteiger partial charge in [0.2, 0.25) is 0 Å². The maximum absolute atomic E-state index is 11.1. The zero-order chi connectivity index (χ0) is 9.35. The SMILES string of the molecule is CC(C)(C)O[C@H]1C=C(I)C(=O)C1. The van der Waals surface area contributed by atoms with E-state index in [1.165, 1.54) is 0 Å². The van der Waals surface area contributed by atoms with Gasteiger partial charge >= 0.3 is 0 Å². The van der Waals surface area contributed by atoms with Gasteiger partial charge in [0.05, 0.1) is 15.3 Å². The van der Waals surface area contributed by atoms with Crippen LogP contribution in [0.5, 0.6) is 0 Å². The highest BCUT2D eigenvalue weighted by molar-refractivity contribution is 14.1. The van der Waals surface area contributed by atoms with Crippen molar-refractivity contribution in [3.8, 4) is 0 Å². The van der Waals surface area contributed by atoms with E-state index in [1.807, 2.05) is 26.8 Å². The smallest absolute Gasteiger partial charge is 0.171 e. The van der Waals surface area contributed by atoms with Crippen LogP contribution in [0.3, 0.4) is 0 Å². The molecule has 0 aliphatic heterocycles. The van der Waals surface area contributed by atoms with Crippen molar-refractivity contribution in [3.63, 3.8) is 0 Å². The third-order valence-electron chi connectivity index (χ3n) is 1.49. The van der Waals surface area contributed by atoms with Gasteiger partial charge in [0.25, 0.3) is 0 Å². The largest absolute Gasteiger partial charge is 0.368 e. The summed E-state index contributed by atoms with van der Waals surface area (Å²) < 4.78 is 6.44. The zero-order valence-corrected chi connectivity index (χ0v) is 9.71. The molecule has 0 spiro atoms. The fourth-order valence-corrected chi connectivity index (χ4v) is 1.75. The number of hydrogen-bond donors (Lipinski definition) is 0. The Balaban J connectivity index is 2.54. The molecule has 0 aromatic rings. The Labute approximate surface area is 86.5 Å². The van der Waals surface area contributed by atoms with E-state index in [-0.39, 0.29) is 17.5 Å².